The van der Waals surface area contributed by atoms with E-state index in [0.717, 1.165) is 5.56 Å². The number of hydrogen-bond donors (Lipinski definition) is 1. The van der Waals surface area contributed by atoms with Crippen molar-refractivity contribution in [3.63, 3.8) is 0 Å². The van der Waals surface area contributed by atoms with E-state index in [1.807, 2.05) is 20.8 Å². The van der Waals surface area contributed by atoms with Crippen LogP contribution in [0.5, 0.6) is 5.75 Å². The molecule has 0 saturated carbocycles. The Balaban J connectivity index is 2.55. The summed E-state index contributed by atoms with van der Waals surface area (Å²) in [6, 6.07) is 6.06. The molecule has 0 heterocycles. The molecule has 0 bridgehead atoms. The van der Waals surface area contributed by atoms with Crippen LogP contribution in [0.3, 0.4) is 0 Å². The highest BCUT2D eigenvalue weighted by Crippen LogP contribution is 2.23. The molecule has 1 aromatic rings. The van der Waals surface area contributed by atoms with Crippen LogP contribution in [0.2, 0.25) is 0 Å². The summed E-state index contributed by atoms with van der Waals surface area (Å²) in [5.74, 6) is -0.171. The van der Waals surface area contributed by atoms with Gasteiger partial charge in [-0.2, -0.15) is 0 Å². The second-order valence-electron chi connectivity index (χ2n) is 5.12. The van der Waals surface area contributed by atoms with Crippen molar-refractivity contribution in [1.82, 2.24) is 5.32 Å². The first kappa shape index (κ1) is 14.8. The molecule has 0 fully saturated rings. The van der Waals surface area contributed by atoms with Crippen LogP contribution < -0.4 is 10.1 Å². The van der Waals surface area contributed by atoms with Crippen LogP contribution in [0.15, 0.2) is 24.3 Å². The SMILES string of the molecule is CC(C)(C)NCCc1cccc(OC(F)(F)F)c1. The maximum absolute atomic E-state index is 12.0. The highest BCUT2D eigenvalue weighted by atomic mass is 19.4. The van der Waals surface area contributed by atoms with Gasteiger partial charge in [-0.3, -0.25) is 0 Å². The van der Waals surface area contributed by atoms with Crippen molar-refractivity contribution in [3.8, 4) is 5.75 Å². The second-order valence-corrected chi connectivity index (χ2v) is 5.12. The minimum Gasteiger partial charge on any atom is -0.406 e. The number of hydrogen-bond acceptors (Lipinski definition) is 2. The summed E-state index contributed by atoms with van der Waals surface area (Å²) in [6.07, 6.45) is -3.98. The zero-order chi connectivity index (χ0) is 13.8. The summed E-state index contributed by atoms with van der Waals surface area (Å²) >= 11 is 0. The Morgan fingerprint density at radius 3 is 2.39 bits per heavy atom. The van der Waals surface area contributed by atoms with Crippen molar-refractivity contribution < 1.29 is 17.9 Å². The van der Waals surface area contributed by atoms with Crippen LogP contribution in [0.25, 0.3) is 0 Å². The minimum atomic E-state index is -4.64. The lowest BCUT2D eigenvalue weighted by molar-refractivity contribution is -0.274. The maximum Gasteiger partial charge on any atom is 0.573 e. The summed E-state index contributed by atoms with van der Waals surface area (Å²) in [5.41, 5.74) is 0.814. The van der Waals surface area contributed by atoms with Gasteiger partial charge < -0.3 is 10.1 Å². The van der Waals surface area contributed by atoms with Crippen molar-refractivity contribution in [2.75, 3.05) is 6.54 Å². The highest BCUT2D eigenvalue weighted by molar-refractivity contribution is 5.28. The lowest BCUT2D eigenvalue weighted by Gasteiger charge is -2.20. The van der Waals surface area contributed by atoms with Gasteiger partial charge in [0.2, 0.25) is 0 Å². The van der Waals surface area contributed by atoms with E-state index in [2.05, 4.69) is 10.1 Å². The zero-order valence-corrected chi connectivity index (χ0v) is 10.8. The Morgan fingerprint density at radius 2 is 1.83 bits per heavy atom. The first-order valence-corrected chi connectivity index (χ1v) is 5.75. The van der Waals surface area contributed by atoms with Crippen molar-refractivity contribution in [2.24, 2.45) is 0 Å². The molecular formula is C13H18F3NO. The molecule has 1 N–H and O–H groups in total. The highest BCUT2D eigenvalue weighted by Gasteiger charge is 2.31. The van der Waals surface area contributed by atoms with Crippen LogP contribution in [-0.2, 0) is 6.42 Å². The molecule has 0 aliphatic carbocycles. The van der Waals surface area contributed by atoms with Crippen molar-refractivity contribution in [3.05, 3.63) is 29.8 Å². The molecule has 1 aromatic carbocycles. The van der Waals surface area contributed by atoms with Crippen LogP contribution in [0, 0.1) is 0 Å². The largest absolute Gasteiger partial charge is 0.573 e. The van der Waals surface area contributed by atoms with Crippen LogP contribution in [0.4, 0.5) is 13.2 Å². The van der Waals surface area contributed by atoms with E-state index in [4.69, 9.17) is 0 Å². The molecule has 5 heteroatoms. The van der Waals surface area contributed by atoms with Crippen LogP contribution in [0.1, 0.15) is 26.3 Å². The first-order valence-electron chi connectivity index (χ1n) is 5.75. The van der Waals surface area contributed by atoms with Gasteiger partial charge in [0.05, 0.1) is 0 Å². The van der Waals surface area contributed by atoms with Gasteiger partial charge in [-0.25, -0.2) is 0 Å². The fourth-order valence-electron chi connectivity index (χ4n) is 1.48. The molecule has 0 aromatic heterocycles. The van der Waals surface area contributed by atoms with E-state index in [-0.39, 0.29) is 11.3 Å². The Labute approximate surface area is 105 Å². The van der Waals surface area contributed by atoms with Gasteiger partial charge in [-0.1, -0.05) is 12.1 Å². The zero-order valence-electron chi connectivity index (χ0n) is 10.8. The molecule has 0 spiro atoms. The smallest absolute Gasteiger partial charge is 0.406 e. The van der Waals surface area contributed by atoms with Crippen LogP contribution >= 0.6 is 0 Å². The third-order valence-electron chi connectivity index (χ3n) is 2.20. The molecule has 2 nitrogen and oxygen atoms in total. The lowest BCUT2D eigenvalue weighted by atomic mass is 10.1. The number of ether oxygens (including phenoxy) is 1. The molecule has 0 radical (unpaired) electrons. The third kappa shape index (κ3) is 6.49. The molecule has 0 aliphatic rings. The summed E-state index contributed by atoms with van der Waals surface area (Å²) in [5, 5.41) is 3.28. The van der Waals surface area contributed by atoms with E-state index in [0.29, 0.717) is 13.0 Å². The molecule has 0 aliphatic heterocycles. The number of benzene rings is 1. The predicted molar refractivity (Wildman–Crippen MR) is 64.6 cm³/mol. The van der Waals surface area contributed by atoms with E-state index >= 15 is 0 Å². The molecule has 0 amide bonds. The Bertz CT molecular complexity index is 383. The second kappa shape index (κ2) is 5.61. The standard InChI is InChI=1S/C13H18F3NO/c1-12(2,3)17-8-7-10-5-4-6-11(9-10)18-13(14,15)16/h4-6,9,17H,7-8H2,1-3H3. The quantitative estimate of drug-likeness (QED) is 0.895. The molecule has 0 atom stereocenters. The third-order valence-corrected chi connectivity index (χ3v) is 2.20. The number of rotatable bonds is 4. The average molecular weight is 261 g/mol. The minimum absolute atomic E-state index is 0.0000794. The lowest BCUT2D eigenvalue weighted by Crippen LogP contribution is -2.37. The van der Waals surface area contributed by atoms with Gasteiger partial charge in [-0.15, -0.1) is 13.2 Å². The van der Waals surface area contributed by atoms with Crippen molar-refractivity contribution in [2.45, 2.75) is 39.1 Å². The summed E-state index contributed by atoms with van der Waals surface area (Å²) in [4.78, 5) is 0. The van der Waals surface area contributed by atoms with E-state index < -0.39 is 6.36 Å². The average Bonchev–Trinajstić information content (AvgIpc) is 2.13. The maximum atomic E-state index is 12.0. The number of alkyl halides is 3. The summed E-state index contributed by atoms with van der Waals surface area (Å²) < 4.78 is 40.0. The fourth-order valence-corrected chi connectivity index (χ4v) is 1.48. The Hall–Kier alpha value is -1.23. The van der Waals surface area contributed by atoms with E-state index in [1.165, 1.54) is 12.1 Å². The molecule has 0 saturated heterocycles. The molecular weight excluding hydrogens is 243 g/mol. The topological polar surface area (TPSA) is 21.3 Å². The van der Waals surface area contributed by atoms with Crippen molar-refractivity contribution in [1.29, 1.82) is 0 Å². The van der Waals surface area contributed by atoms with Crippen LogP contribution in [-0.4, -0.2) is 18.4 Å². The summed E-state index contributed by atoms with van der Waals surface area (Å²) in [6.45, 7) is 6.82. The monoisotopic (exact) mass is 261 g/mol. The molecule has 102 valence electrons. The summed E-state index contributed by atoms with van der Waals surface area (Å²) in [7, 11) is 0. The fraction of sp³-hybridized carbons (Fsp3) is 0.538. The molecule has 1 rings (SSSR count). The van der Waals surface area contributed by atoms with Crippen molar-refractivity contribution >= 4 is 0 Å². The first-order chi connectivity index (χ1) is 8.16. The predicted octanol–water partition coefficient (Wildman–Crippen LogP) is 3.52. The van der Waals surface area contributed by atoms with Gasteiger partial charge in [0, 0.05) is 5.54 Å². The van der Waals surface area contributed by atoms with Gasteiger partial charge in [-0.05, 0) is 51.4 Å². The normalized spacial score (nSPS) is 12.6. The Morgan fingerprint density at radius 1 is 1.17 bits per heavy atom. The number of nitrogens with one attached hydrogen (secondary N) is 1. The molecule has 18 heavy (non-hydrogen) atoms. The van der Waals surface area contributed by atoms with Gasteiger partial charge in [0.15, 0.2) is 0 Å². The molecule has 0 unspecified atom stereocenters. The van der Waals surface area contributed by atoms with Gasteiger partial charge in [0.1, 0.15) is 5.75 Å². The van der Waals surface area contributed by atoms with E-state index in [1.54, 1.807) is 12.1 Å². The van der Waals surface area contributed by atoms with Gasteiger partial charge >= 0.3 is 6.36 Å². The van der Waals surface area contributed by atoms with E-state index in [9.17, 15) is 13.2 Å². The van der Waals surface area contributed by atoms with Gasteiger partial charge in [0.25, 0.3) is 0 Å². The Kier molecular flexibility index (Phi) is 4.62. The number of halogens is 3.